The molecule has 0 atom stereocenters. The number of ether oxygens (including phenoxy) is 1. The van der Waals surface area contributed by atoms with Crippen LogP contribution >= 0.6 is 0 Å². The highest BCUT2D eigenvalue weighted by atomic mass is 16.5. The van der Waals surface area contributed by atoms with Gasteiger partial charge < -0.3 is 10.5 Å². The number of rotatable bonds is 6. The van der Waals surface area contributed by atoms with Crippen LogP contribution in [0.1, 0.15) is 40.4 Å². The number of aromatic nitrogens is 5. The van der Waals surface area contributed by atoms with Gasteiger partial charge in [0.05, 0.1) is 5.56 Å². The lowest BCUT2D eigenvalue weighted by atomic mass is 10.1. The fourth-order valence-electron chi connectivity index (χ4n) is 3.00. The molecule has 0 unspecified atom stereocenters. The summed E-state index contributed by atoms with van der Waals surface area (Å²) in [6.07, 6.45) is 1.49. The second-order valence-electron chi connectivity index (χ2n) is 7.30. The predicted molar refractivity (Wildman–Crippen MR) is 108 cm³/mol. The average Bonchev–Trinajstić information content (AvgIpc) is 3.08. The molecule has 0 aliphatic rings. The Labute approximate surface area is 170 Å². The Hall–Kier alpha value is -3.76. The van der Waals surface area contributed by atoms with Crippen LogP contribution in [0.2, 0.25) is 0 Å². The Morgan fingerprint density at radius 3 is 2.57 bits per heavy atom. The van der Waals surface area contributed by atoms with E-state index in [1.54, 1.807) is 17.4 Å². The zero-order chi connectivity index (χ0) is 22.2. The standard InChI is InChI=1S/C19H22N6O5/c1-10(2)7-25-16(20)15(17(27)23(4)19(25)29)13(26)9-30-18(28)12-5-6-14-22-21-11(3)24(14)8-12/h5-6,8,10H,7,9,20H2,1-4H3. The summed E-state index contributed by atoms with van der Waals surface area (Å²) in [6, 6.07) is 3.08. The van der Waals surface area contributed by atoms with Crippen molar-refractivity contribution in [3.05, 3.63) is 56.1 Å². The predicted octanol–water partition coefficient (Wildman–Crippen LogP) is 0.176. The second kappa shape index (κ2) is 7.93. The molecule has 3 aromatic rings. The number of hydrogen-bond acceptors (Lipinski definition) is 8. The molecule has 0 bridgehead atoms. The van der Waals surface area contributed by atoms with E-state index >= 15 is 0 Å². The number of fused-ring (bicyclic) bond motifs is 1. The van der Waals surface area contributed by atoms with Crippen LogP contribution in [0.3, 0.4) is 0 Å². The van der Waals surface area contributed by atoms with E-state index in [-0.39, 0.29) is 29.4 Å². The molecule has 30 heavy (non-hydrogen) atoms. The molecular formula is C19H22N6O5. The highest BCUT2D eigenvalue weighted by Crippen LogP contribution is 2.11. The molecule has 0 aliphatic carbocycles. The summed E-state index contributed by atoms with van der Waals surface area (Å²) in [4.78, 5) is 49.8. The van der Waals surface area contributed by atoms with Gasteiger partial charge in [-0.15, -0.1) is 10.2 Å². The van der Waals surface area contributed by atoms with E-state index in [1.807, 2.05) is 13.8 Å². The number of nitrogens with zero attached hydrogens (tertiary/aromatic N) is 5. The quantitative estimate of drug-likeness (QED) is 0.444. The lowest BCUT2D eigenvalue weighted by Crippen LogP contribution is -2.43. The summed E-state index contributed by atoms with van der Waals surface area (Å²) in [6.45, 7) is 5.00. The van der Waals surface area contributed by atoms with Crippen molar-refractivity contribution in [2.24, 2.45) is 13.0 Å². The Bertz CT molecular complexity index is 1270. The number of nitrogens with two attached hydrogens (primary N) is 1. The van der Waals surface area contributed by atoms with Gasteiger partial charge in [-0.25, -0.2) is 9.59 Å². The van der Waals surface area contributed by atoms with Crippen LogP contribution in [0.4, 0.5) is 5.82 Å². The van der Waals surface area contributed by atoms with Gasteiger partial charge in [-0.3, -0.25) is 23.1 Å². The summed E-state index contributed by atoms with van der Waals surface area (Å²) in [5, 5.41) is 7.83. The van der Waals surface area contributed by atoms with Gasteiger partial charge in [0.2, 0.25) is 5.78 Å². The van der Waals surface area contributed by atoms with Crippen molar-refractivity contribution < 1.29 is 14.3 Å². The Kier molecular flexibility index (Phi) is 5.54. The first-order valence-corrected chi connectivity index (χ1v) is 9.22. The minimum atomic E-state index is -0.833. The fraction of sp³-hybridized carbons (Fsp3) is 0.368. The maximum absolute atomic E-state index is 12.6. The summed E-state index contributed by atoms with van der Waals surface area (Å²) in [5.74, 6) is -1.15. The van der Waals surface area contributed by atoms with Crippen molar-refractivity contribution in [1.29, 1.82) is 0 Å². The van der Waals surface area contributed by atoms with Crippen molar-refractivity contribution in [1.82, 2.24) is 23.7 Å². The van der Waals surface area contributed by atoms with E-state index in [0.29, 0.717) is 11.5 Å². The summed E-state index contributed by atoms with van der Waals surface area (Å²) >= 11 is 0. The minimum Gasteiger partial charge on any atom is -0.454 e. The maximum Gasteiger partial charge on any atom is 0.340 e. The van der Waals surface area contributed by atoms with Gasteiger partial charge in [-0.2, -0.15) is 0 Å². The molecule has 2 N–H and O–H groups in total. The molecule has 3 aromatic heterocycles. The van der Waals surface area contributed by atoms with Crippen molar-refractivity contribution in [3.63, 3.8) is 0 Å². The van der Waals surface area contributed by atoms with Crippen molar-refractivity contribution >= 4 is 23.2 Å². The van der Waals surface area contributed by atoms with Gasteiger partial charge in [0, 0.05) is 19.8 Å². The minimum absolute atomic E-state index is 0.0549. The summed E-state index contributed by atoms with van der Waals surface area (Å²) in [5.41, 5.74) is 4.88. The molecular weight excluding hydrogens is 392 g/mol. The van der Waals surface area contributed by atoms with E-state index in [9.17, 15) is 19.2 Å². The number of anilines is 1. The monoisotopic (exact) mass is 414 g/mol. The number of Topliss-reactive ketones (excluding diaryl/α,β-unsaturated/α-hetero) is 1. The van der Waals surface area contributed by atoms with Crippen LogP contribution in [0, 0.1) is 12.8 Å². The maximum atomic E-state index is 12.6. The molecule has 11 nitrogen and oxygen atoms in total. The molecule has 3 rings (SSSR count). The Morgan fingerprint density at radius 1 is 1.20 bits per heavy atom. The molecule has 0 amide bonds. The van der Waals surface area contributed by atoms with Crippen LogP contribution in [0.25, 0.3) is 5.65 Å². The fourth-order valence-corrected chi connectivity index (χ4v) is 3.00. The number of aryl methyl sites for hydroxylation is 1. The van der Waals surface area contributed by atoms with E-state index in [0.717, 1.165) is 4.57 Å². The van der Waals surface area contributed by atoms with E-state index in [1.165, 1.54) is 23.9 Å². The molecule has 0 saturated heterocycles. The van der Waals surface area contributed by atoms with Crippen LogP contribution in [-0.2, 0) is 18.3 Å². The first-order valence-electron chi connectivity index (χ1n) is 9.22. The second-order valence-corrected chi connectivity index (χ2v) is 7.30. The van der Waals surface area contributed by atoms with Gasteiger partial charge in [-0.05, 0) is 25.0 Å². The number of esters is 1. The number of pyridine rings is 1. The zero-order valence-electron chi connectivity index (χ0n) is 17.1. The molecule has 0 radical (unpaired) electrons. The topological polar surface area (TPSA) is 144 Å². The van der Waals surface area contributed by atoms with Gasteiger partial charge in [0.15, 0.2) is 12.3 Å². The molecule has 0 fully saturated rings. The SMILES string of the molecule is Cc1nnc2ccc(C(=O)OCC(=O)c3c(N)n(CC(C)C)c(=O)n(C)c3=O)cn12. The Balaban J connectivity index is 1.85. The first-order chi connectivity index (χ1) is 14.1. The molecule has 11 heteroatoms. The number of carbonyl (C=O) groups is 2. The lowest BCUT2D eigenvalue weighted by Gasteiger charge is -2.16. The van der Waals surface area contributed by atoms with Crippen molar-refractivity contribution in [3.8, 4) is 0 Å². The summed E-state index contributed by atoms with van der Waals surface area (Å²) < 4.78 is 8.67. The van der Waals surface area contributed by atoms with E-state index in [4.69, 9.17) is 10.5 Å². The van der Waals surface area contributed by atoms with Gasteiger partial charge >= 0.3 is 11.7 Å². The van der Waals surface area contributed by atoms with Crippen LogP contribution < -0.4 is 17.0 Å². The van der Waals surface area contributed by atoms with Crippen LogP contribution in [0.5, 0.6) is 0 Å². The Morgan fingerprint density at radius 2 is 1.90 bits per heavy atom. The highest BCUT2D eigenvalue weighted by molar-refractivity contribution is 6.02. The number of carbonyl (C=O) groups excluding carboxylic acids is 2. The molecule has 0 aromatic carbocycles. The largest absolute Gasteiger partial charge is 0.454 e. The number of nitrogen functional groups attached to an aromatic ring is 1. The molecule has 0 spiro atoms. The van der Waals surface area contributed by atoms with Crippen molar-refractivity contribution in [2.45, 2.75) is 27.3 Å². The molecule has 0 saturated carbocycles. The van der Waals surface area contributed by atoms with Gasteiger partial charge in [-0.1, -0.05) is 13.8 Å². The van der Waals surface area contributed by atoms with E-state index < -0.39 is 29.6 Å². The highest BCUT2D eigenvalue weighted by Gasteiger charge is 2.23. The van der Waals surface area contributed by atoms with Gasteiger partial charge in [0.1, 0.15) is 17.2 Å². The third-order valence-corrected chi connectivity index (χ3v) is 4.55. The van der Waals surface area contributed by atoms with Crippen LogP contribution in [0.15, 0.2) is 27.9 Å². The third-order valence-electron chi connectivity index (χ3n) is 4.55. The average molecular weight is 414 g/mol. The van der Waals surface area contributed by atoms with E-state index in [2.05, 4.69) is 10.2 Å². The molecule has 0 aliphatic heterocycles. The van der Waals surface area contributed by atoms with Gasteiger partial charge in [0.25, 0.3) is 5.56 Å². The summed E-state index contributed by atoms with van der Waals surface area (Å²) in [7, 11) is 1.26. The van der Waals surface area contributed by atoms with Crippen molar-refractivity contribution in [2.75, 3.05) is 12.3 Å². The zero-order valence-corrected chi connectivity index (χ0v) is 17.1. The third kappa shape index (κ3) is 3.73. The van der Waals surface area contributed by atoms with Crippen LogP contribution in [-0.4, -0.2) is 42.1 Å². The molecule has 3 heterocycles. The smallest absolute Gasteiger partial charge is 0.340 e. The number of hydrogen-bond donors (Lipinski definition) is 1. The lowest BCUT2D eigenvalue weighted by molar-refractivity contribution is 0.0473. The first kappa shape index (κ1) is 21.0. The normalized spacial score (nSPS) is 11.2. The number of ketones is 1. The molecule has 158 valence electrons.